The Morgan fingerprint density at radius 2 is 1.87 bits per heavy atom. The molecule has 0 aliphatic carbocycles. The summed E-state index contributed by atoms with van der Waals surface area (Å²) in [6.45, 7) is 4.84. The molecular weight excluding hydrogens is 424 g/mol. The van der Waals surface area contributed by atoms with E-state index in [9.17, 15) is 14.9 Å². The van der Waals surface area contributed by atoms with Gasteiger partial charge in [0.1, 0.15) is 29.0 Å². The average molecular weight is 445 g/mol. The first-order valence-electron chi connectivity index (χ1n) is 9.25. The van der Waals surface area contributed by atoms with E-state index in [4.69, 9.17) is 21.7 Å². The van der Waals surface area contributed by atoms with Crippen LogP contribution in [0.5, 0.6) is 11.5 Å². The Balaban J connectivity index is 1.75. The minimum atomic E-state index is -0.487. The molecule has 2 aromatic rings. The average Bonchev–Trinajstić information content (AvgIpc) is 2.99. The molecule has 30 heavy (non-hydrogen) atoms. The first kappa shape index (κ1) is 21.8. The number of ether oxygens (including phenoxy) is 2. The molecule has 0 unspecified atom stereocenters. The number of rotatable bonds is 8. The van der Waals surface area contributed by atoms with Gasteiger partial charge in [0, 0.05) is 24.2 Å². The standard InChI is InChI=1S/C21H20N2O5S2/c1-3-22-20(24)19(30-21(22)29)13-15-12-16(23(25)26)6-9-18(15)28-11-10-27-17-7-4-14(2)5-8-17/h4-9,12-13H,3,10-11H2,1-2H3/b19-13+. The highest BCUT2D eigenvalue weighted by Gasteiger charge is 2.31. The molecule has 1 heterocycles. The van der Waals surface area contributed by atoms with Crippen LogP contribution < -0.4 is 9.47 Å². The van der Waals surface area contributed by atoms with E-state index in [0.29, 0.717) is 33.7 Å². The van der Waals surface area contributed by atoms with E-state index in [2.05, 4.69) is 0 Å². The number of hydrogen-bond acceptors (Lipinski definition) is 7. The molecule has 0 bridgehead atoms. The van der Waals surface area contributed by atoms with Crippen LogP contribution in [0.3, 0.4) is 0 Å². The molecule has 9 heteroatoms. The van der Waals surface area contributed by atoms with Crippen LogP contribution >= 0.6 is 24.0 Å². The fraction of sp³-hybridized carbons (Fsp3) is 0.238. The maximum atomic E-state index is 12.5. The number of hydrogen-bond donors (Lipinski definition) is 0. The zero-order valence-corrected chi connectivity index (χ0v) is 18.1. The first-order valence-corrected chi connectivity index (χ1v) is 10.5. The molecule has 1 aliphatic rings. The maximum absolute atomic E-state index is 12.5. The predicted molar refractivity (Wildman–Crippen MR) is 121 cm³/mol. The Morgan fingerprint density at radius 1 is 1.17 bits per heavy atom. The Bertz CT molecular complexity index is 1000. The van der Waals surface area contributed by atoms with Gasteiger partial charge in [0.2, 0.25) is 0 Å². The van der Waals surface area contributed by atoms with Gasteiger partial charge in [0.25, 0.3) is 11.6 Å². The molecule has 156 valence electrons. The lowest BCUT2D eigenvalue weighted by Crippen LogP contribution is -2.27. The van der Waals surface area contributed by atoms with Crippen molar-refractivity contribution < 1.29 is 19.2 Å². The van der Waals surface area contributed by atoms with E-state index < -0.39 is 4.92 Å². The van der Waals surface area contributed by atoms with Crippen LogP contribution in [0.25, 0.3) is 6.08 Å². The van der Waals surface area contributed by atoms with Gasteiger partial charge in [0.15, 0.2) is 0 Å². The summed E-state index contributed by atoms with van der Waals surface area (Å²) in [7, 11) is 0. The summed E-state index contributed by atoms with van der Waals surface area (Å²) in [6.07, 6.45) is 1.58. The molecule has 1 aliphatic heterocycles. The third-order valence-corrected chi connectivity index (χ3v) is 5.69. The quantitative estimate of drug-likeness (QED) is 0.194. The normalized spacial score (nSPS) is 15.0. The highest BCUT2D eigenvalue weighted by Crippen LogP contribution is 2.35. The number of carbonyl (C=O) groups excluding carboxylic acids is 1. The Morgan fingerprint density at radius 3 is 2.50 bits per heavy atom. The van der Waals surface area contributed by atoms with E-state index in [1.54, 1.807) is 6.08 Å². The minimum Gasteiger partial charge on any atom is -0.490 e. The van der Waals surface area contributed by atoms with Crippen LogP contribution in [0.15, 0.2) is 47.4 Å². The molecule has 2 aromatic carbocycles. The number of amides is 1. The zero-order chi connectivity index (χ0) is 21.7. The van der Waals surface area contributed by atoms with E-state index >= 15 is 0 Å². The summed E-state index contributed by atoms with van der Waals surface area (Å²) in [4.78, 5) is 25.1. The van der Waals surface area contributed by atoms with Crippen LogP contribution in [0, 0.1) is 17.0 Å². The van der Waals surface area contributed by atoms with E-state index in [1.807, 2.05) is 38.1 Å². The van der Waals surface area contributed by atoms with Crippen LogP contribution in [-0.2, 0) is 4.79 Å². The minimum absolute atomic E-state index is 0.0875. The number of thioether (sulfide) groups is 1. The van der Waals surface area contributed by atoms with Crippen LogP contribution in [0.2, 0.25) is 0 Å². The van der Waals surface area contributed by atoms with Gasteiger partial charge in [0.05, 0.1) is 9.83 Å². The predicted octanol–water partition coefficient (Wildman–Crippen LogP) is 4.58. The fourth-order valence-corrected chi connectivity index (χ4v) is 4.13. The second-order valence-corrected chi connectivity index (χ2v) is 8.09. The van der Waals surface area contributed by atoms with Gasteiger partial charge >= 0.3 is 0 Å². The van der Waals surface area contributed by atoms with Gasteiger partial charge in [-0.2, -0.15) is 0 Å². The van der Waals surface area contributed by atoms with Crippen LogP contribution in [-0.4, -0.2) is 39.8 Å². The van der Waals surface area contributed by atoms with Crippen LogP contribution in [0.1, 0.15) is 18.1 Å². The molecule has 1 amide bonds. The molecule has 1 fully saturated rings. The second kappa shape index (κ2) is 9.73. The van der Waals surface area contributed by atoms with E-state index in [-0.39, 0.29) is 18.2 Å². The molecule has 3 rings (SSSR count). The van der Waals surface area contributed by atoms with Gasteiger partial charge in [-0.05, 0) is 38.1 Å². The van der Waals surface area contributed by atoms with Crippen molar-refractivity contribution in [2.45, 2.75) is 13.8 Å². The Labute approximate surface area is 183 Å². The summed E-state index contributed by atoms with van der Waals surface area (Å²) in [6, 6.07) is 11.9. The topological polar surface area (TPSA) is 81.9 Å². The molecule has 1 saturated heterocycles. The van der Waals surface area contributed by atoms with Gasteiger partial charge in [-0.25, -0.2) is 0 Å². The van der Waals surface area contributed by atoms with Crippen LogP contribution in [0.4, 0.5) is 5.69 Å². The van der Waals surface area contributed by atoms with E-state index in [0.717, 1.165) is 11.3 Å². The monoisotopic (exact) mass is 444 g/mol. The highest BCUT2D eigenvalue weighted by molar-refractivity contribution is 8.26. The molecule has 0 aromatic heterocycles. The van der Waals surface area contributed by atoms with E-state index in [1.165, 1.54) is 34.9 Å². The molecule has 0 N–H and O–H groups in total. The summed E-state index contributed by atoms with van der Waals surface area (Å²) in [5, 5.41) is 11.2. The lowest BCUT2D eigenvalue weighted by molar-refractivity contribution is -0.384. The smallest absolute Gasteiger partial charge is 0.270 e. The van der Waals surface area contributed by atoms with Gasteiger partial charge in [-0.3, -0.25) is 19.8 Å². The van der Waals surface area contributed by atoms with Crippen molar-refractivity contribution in [1.29, 1.82) is 0 Å². The highest BCUT2D eigenvalue weighted by atomic mass is 32.2. The molecular formula is C21H20N2O5S2. The zero-order valence-electron chi connectivity index (χ0n) is 16.5. The summed E-state index contributed by atoms with van der Waals surface area (Å²) in [5.41, 5.74) is 1.49. The SMILES string of the molecule is CCN1C(=O)/C(=C\c2cc([N+](=O)[O-])ccc2OCCOc2ccc(C)cc2)SC1=S. The van der Waals surface area contributed by atoms with Gasteiger partial charge in [-0.15, -0.1) is 0 Å². The third-order valence-electron chi connectivity index (χ3n) is 4.31. The number of carbonyl (C=O) groups is 1. The Hall–Kier alpha value is -2.91. The summed E-state index contributed by atoms with van der Waals surface area (Å²) < 4.78 is 11.9. The number of nitro benzene ring substituents is 1. The lowest BCUT2D eigenvalue weighted by atomic mass is 10.1. The van der Waals surface area contributed by atoms with Crippen molar-refractivity contribution in [3.63, 3.8) is 0 Å². The number of nitrogens with zero attached hydrogens (tertiary/aromatic N) is 2. The van der Waals surface area contributed by atoms with Crippen molar-refractivity contribution in [3.05, 3.63) is 68.6 Å². The second-order valence-electron chi connectivity index (χ2n) is 6.42. The largest absolute Gasteiger partial charge is 0.490 e. The molecule has 0 spiro atoms. The van der Waals surface area contributed by atoms with Crippen molar-refractivity contribution in [1.82, 2.24) is 4.90 Å². The third kappa shape index (κ3) is 5.17. The number of thiocarbonyl (C=S) groups is 1. The fourth-order valence-electron chi connectivity index (χ4n) is 2.75. The number of nitro groups is 1. The number of aryl methyl sites for hydroxylation is 1. The summed E-state index contributed by atoms with van der Waals surface area (Å²) in [5.74, 6) is 0.943. The molecule has 0 atom stereocenters. The molecule has 7 nitrogen and oxygen atoms in total. The molecule has 0 saturated carbocycles. The van der Waals surface area contributed by atoms with Gasteiger partial charge < -0.3 is 9.47 Å². The number of benzene rings is 2. The van der Waals surface area contributed by atoms with Crippen molar-refractivity contribution in [2.24, 2.45) is 0 Å². The maximum Gasteiger partial charge on any atom is 0.270 e. The van der Waals surface area contributed by atoms with Gasteiger partial charge in [-0.1, -0.05) is 41.7 Å². The number of likely N-dealkylation sites (N-methyl/N-ethyl adjacent to an activating group) is 1. The number of non-ortho nitro benzene ring substituents is 1. The lowest BCUT2D eigenvalue weighted by Gasteiger charge is -2.11. The van der Waals surface area contributed by atoms with Crippen molar-refractivity contribution in [2.75, 3.05) is 19.8 Å². The summed E-state index contributed by atoms with van der Waals surface area (Å²) >= 11 is 6.39. The Kier molecular flexibility index (Phi) is 7.07. The van der Waals surface area contributed by atoms with Crippen molar-refractivity contribution >= 4 is 46.0 Å². The molecule has 0 radical (unpaired) electrons. The van der Waals surface area contributed by atoms with Crippen molar-refractivity contribution in [3.8, 4) is 11.5 Å². The first-order chi connectivity index (χ1) is 14.4.